The highest BCUT2D eigenvalue weighted by molar-refractivity contribution is 6.06. The Kier molecular flexibility index (Phi) is 2.87. The van der Waals surface area contributed by atoms with Crippen LogP contribution in [0, 0.1) is 0 Å². The van der Waals surface area contributed by atoms with Gasteiger partial charge in [-0.25, -0.2) is 0 Å². The van der Waals surface area contributed by atoms with Gasteiger partial charge in [0.1, 0.15) is 11.5 Å². The van der Waals surface area contributed by atoms with Crippen molar-refractivity contribution in [3.05, 3.63) is 60.1 Å². The lowest BCUT2D eigenvalue weighted by Gasteiger charge is -1.95. The SMILES string of the molecule is O=C(/C=C\c1ccco1)c1ccc(O)cc1. The summed E-state index contributed by atoms with van der Waals surface area (Å²) in [5, 5.41) is 9.07. The fraction of sp³-hybridized carbons (Fsp3) is 0. The highest BCUT2D eigenvalue weighted by atomic mass is 16.3. The van der Waals surface area contributed by atoms with Crippen LogP contribution in [0.4, 0.5) is 0 Å². The molecule has 2 rings (SSSR count). The number of ketones is 1. The summed E-state index contributed by atoms with van der Waals surface area (Å²) in [4.78, 5) is 11.6. The minimum atomic E-state index is -0.128. The average Bonchev–Trinajstić information content (AvgIpc) is 2.80. The minimum Gasteiger partial charge on any atom is -0.508 e. The van der Waals surface area contributed by atoms with Crippen LogP contribution in [0.5, 0.6) is 5.75 Å². The molecule has 0 amide bonds. The van der Waals surface area contributed by atoms with Gasteiger partial charge in [0, 0.05) is 5.56 Å². The van der Waals surface area contributed by atoms with Crippen LogP contribution in [0.25, 0.3) is 6.08 Å². The molecule has 0 saturated heterocycles. The summed E-state index contributed by atoms with van der Waals surface area (Å²) >= 11 is 0. The summed E-state index contributed by atoms with van der Waals surface area (Å²) in [6.45, 7) is 0. The van der Waals surface area contributed by atoms with Crippen molar-refractivity contribution < 1.29 is 14.3 Å². The van der Waals surface area contributed by atoms with Crippen LogP contribution in [0.2, 0.25) is 0 Å². The Balaban J connectivity index is 2.11. The van der Waals surface area contributed by atoms with Crippen LogP contribution in [0.3, 0.4) is 0 Å². The Morgan fingerprint density at radius 1 is 1.19 bits per heavy atom. The topological polar surface area (TPSA) is 50.4 Å². The fourth-order valence-corrected chi connectivity index (χ4v) is 1.27. The molecule has 1 heterocycles. The lowest BCUT2D eigenvalue weighted by atomic mass is 10.1. The number of hydrogen-bond acceptors (Lipinski definition) is 3. The number of rotatable bonds is 3. The molecule has 3 nitrogen and oxygen atoms in total. The van der Waals surface area contributed by atoms with Crippen LogP contribution >= 0.6 is 0 Å². The molecule has 0 saturated carbocycles. The lowest BCUT2D eigenvalue weighted by Crippen LogP contribution is -1.92. The Hall–Kier alpha value is -2.29. The molecule has 1 N–H and O–H groups in total. The molecule has 0 aliphatic carbocycles. The van der Waals surface area contributed by atoms with E-state index < -0.39 is 0 Å². The summed E-state index contributed by atoms with van der Waals surface area (Å²) in [5.41, 5.74) is 0.528. The number of carbonyl (C=O) groups excluding carboxylic acids is 1. The maximum atomic E-state index is 11.6. The number of hydrogen-bond donors (Lipinski definition) is 1. The standard InChI is InChI=1S/C13H10O3/c14-11-5-3-10(4-6-11)13(15)8-7-12-2-1-9-16-12/h1-9,14H/b8-7-. The fourth-order valence-electron chi connectivity index (χ4n) is 1.27. The highest BCUT2D eigenvalue weighted by Crippen LogP contribution is 2.11. The van der Waals surface area contributed by atoms with Gasteiger partial charge in [0.25, 0.3) is 0 Å². The third-order valence-corrected chi connectivity index (χ3v) is 2.09. The second-order valence-corrected chi connectivity index (χ2v) is 3.26. The molecule has 0 fully saturated rings. The first kappa shape index (κ1) is 10.2. The first-order chi connectivity index (χ1) is 7.75. The van der Waals surface area contributed by atoms with E-state index in [0.29, 0.717) is 11.3 Å². The smallest absolute Gasteiger partial charge is 0.185 e. The molecule has 1 aromatic heterocycles. The van der Waals surface area contributed by atoms with E-state index in [1.165, 1.54) is 18.2 Å². The van der Waals surface area contributed by atoms with Crippen molar-refractivity contribution in [3.8, 4) is 5.75 Å². The quantitative estimate of drug-likeness (QED) is 0.631. The third kappa shape index (κ3) is 2.39. The Bertz CT molecular complexity index is 492. The zero-order chi connectivity index (χ0) is 11.4. The molecule has 0 aliphatic heterocycles. The molecule has 0 spiro atoms. The average molecular weight is 214 g/mol. The van der Waals surface area contributed by atoms with Crippen LogP contribution in [-0.2, 0) is 0 Å². The third-order valence-electron chi connectivity index (χ3n) is 2.09. The van der Waals surface area contributed by atoms with Crippen LogP contribution < -0.4 is 0 Å². The van der Waals surface area contributed by atoms with Gasteiger partial charge in [-0.3, -0.25) is 4.79 Å². The second-order valence-electron chi connectivity index (χ2n) is 3.26. The summed E-state index contributed by atoms with van der Waals surface area (Å²) in [5.74, 6) is 0.648. The predicted molar refractivity (Wildman–Crippen MR) is 60.2 cm³/mol. The number of benzene rings is 1. The molecule has 0 unspecified atom stereocenters. The zero-order valence-corrected chi connectivity index (χ0v) is 8.46. The van der Waals surface area contributed by atoms with E-state index in [2.05, 4.69) is 0 Å². The first-order valence-corrected chi connectivity index (χ1v) is 4.80. The lowest BCUT2D eigenvalue weighted by molar-refractivity contribution is 0.104. The van der Waals surface area contributed by atoms with E-state index >= 15 is 0 Å². The summed E-state index contributed by atoms with van der Waals surface area (Å²) < 4.78 is 5.06. The predicted octanol–water partition coefficient (Wildman–Crippen LogP) is 2.88. The van der Waals surface area contributed by atoms with Gasteiger partial charge in [-0.1, -0.05) is 0 Å². The molecular formula is C13H10O3. The monoisotopic (exact) mass is 214 g/mol. The highest BCUT2D eigenvalue weighted by Gasteiger charge is 2.01. The first-order valence-electron chi connectivity index (χ1n) is 4.80. The summed E-state index contributed by atoms with van der Waals surface area (Å²) in [7, 11) is 0. The van der Waals surface area contributed by atoms with Gasteiger partial charge in [-0.15, -0.1) is 0 Å². The molecular weight excluding hydrogens is 204 g/mol. The van der Waals surface area contributed by atoms with E-state index in [-0.39, 0.29) is 11.5 Å². The molecule has 0 radical (unpaired) electrons. The van der Waals surface area contributed by atoms with Crippen molar-refractivity contribution in [2.24, 2.45) is 0 Å². The maximum Gasteiger partial charge on any atom is 0.185 e. The number of phenols is 1. The van der Waals surface area contributed by atoms with E-state index in [1.807, 2.05) is 0 Å². The van der Waals surface area contributed by atoms with Crippen LogP contribution in [-0.4, -0.2) is 10.9 Å². The molecule has 16 heavy (non-hydrogen) atoms. The number of phenolic OH excluding ortho intramolecular Hbond substituents is 1. The van der Waals surface area contributed by atoms with Crippen molar-refractivity contribution >= 4 is 11.9 Å². The van der Waals surface area contributed by atoms with Gasteiger partial charge >= 0.3 is 0 Å². The number of carbonyl (C=O) groups is 1. The minimum absolute atomic E-state index is 0.128. The van der Waals surface area contributed by atoms with Crippen LogP contribution in [0.15, 0.2) is 53.2 Å². The van der Waals surface area contributed by atoms with Gasteiger partial charge in [-0.05, 0) is 48.6 Å². The molecule has 1 aromatic carbocycles. The van der Waals surface area contributed by atoms with E-state index in [1.54, 1.807) is 36.6 Å². The number of furan rings is 1. The van der Waals surface area contributed by atoms with E-state index in [0.717, 1.165) is 0 Å². The number of aromatic hydroxyl groups is 1. The largest absolute Gasteiger partial charge is 0.508 e. The van der Waals surface area contributed by atoms with Gasteiger partial charge < -0.3 is 9.52 Å². The molecule has 0 atom stereocenters. The van der Waals surface area contributed by atoms with Crippen molar-refractivity contribution in [3.63, 3.8) is 0 Å². The molecule has 3 heteroatoms. The maximum absolute atomic E-state index is 11.6. The molecule has 0 bridgehead atoms. The van der Waals surface area contributed by atoms with Crippen LogP contribution in [0.1, 0.15) is 16.1 Å². The summed E-state index contributed by atoms with van der Waals surface area (Å²) in [6.07, 6.45) is 4.59. The molecule has 2 aromatic rings. The Morgan fingerprint density at radius 2 is 1.94 bits per heavy atom. The van der Waals surface area contributed by atoms with E-state index in [9.17, 15) is 4.79 Å². The van der Waals surface area contributed by atoms with Crippen molar-refractivity contribution in [2.45, 2.75) is 0 Å². The normalized spacial score (nSPS) is 10.8. The van der Waals surface area contributed by atoms with Gasteiger partial charge in [-0.2, -0.15) is 0 Å². The van der Waals surface area contributed by atoms with Gasteiger partial charge in [0.05, 0.1) is 6.26 Å². The van der Waals surface area contributed by atoms with E-state index in [4.69, 9.17) is 9.52 Å². The van der Waals surface area contributed by atoms with Gasteiger partial charge in [0.15, 0.2) is 5.78 Å². The van der Waals surface area contributed by atoms with Crippen molar-refractivity contribution in [2.75, 3.05) is 0 Å². The van der Waals surface area contributed by atoms with Crippen molar-refractivity contribution in [1.82, 2.24) is 0 Å². The summed E-state index contributed by atoms with van der Waals surface area (Å²) in [6, 6.07) is 9.63. The number of allylic oxidation sites excluding steroid dienone is 1. The molecule has 80 valence electrons. The second kappa shape index (κ2) is 4.49. The Labute approximate surface area is 92.6 Å². The molecule has 0 aliphatic rings. The zero-order valence-electron chi connectivity index (χ0n) is 8.46. The van der Waals surface area contributed by atoms with Gasteiger partial charge in [0.2, 0.25) is 0 Å². The van der Waals surface area contributed by atoms with Crippen molar-refractivity contribution in [1.29, 1.82) is 0 Å². The Morgan fingerprint density at radius 3 is 2.56 bits per heavy atom.